The van der Waals surface area contributed by atoms with Gasteiger partial charge < -0.3 is 20.5 Å². The molecule has 5 nitrogen and oxygen atoms in total. The first kappa shape index (κ1) is 15.9. The zero-order valence-corrected chi connectivity index (χ0v) is 13.1. The summed E-state index contributed by atoms with van der Waals surface area (Å²) in [5, 5.41) is 3.35. The summed E-state index contributed by atoms with van der Waals surface area (Å²) in [6, 6.07) is 3.29. The number of methoxy groups -OCH3 is 2. The lowest BCUT2D eigenvalue weighted by atomic mass is 9.85. The minimum absolute atomic E-state index is 0.0647. The summed E-state index contributed by atoms with van der Waals surface area (Å²) >= 11 is 6.06. The van der Waals surface area contributed by atoms with E-state index in [2.05, 4.69) is 5.32 Å². The van der Waals surface area contributed by atoms with Gasteiger partial charge in [0, 0.05) is 18.7 Å². The molecule has 1 aliphatic carbocycles. The van der Waals surface area contributed by atoms with Gasteiger partial charge in [-0.05, 0) is 12.8 Å². The van der Waals surface area contributed by atoms with Crippen molar-refractivity contribution in [1.29, 1.82) is 0 Å². The normalized spacial score (nSPS) is 16.6. The first-order valence-electron chi connectivity index (χ1n) is 6.99. The molecule has 1 saturated carbocycles. The maximum absolute atomic E-state index is 12.6. The van der Waals surface area contributed by atoms with Gasteiger partial charge in [-0.25, -0.2) is 0 Å². The van der Waals surface area contributed by atoms with Crippen LogP contribution in [0.15, 0.2) is 12.1 Å². The van der Waals surface area contributed by atoms with E-state index in [0.29, 0.717) is 28.8 Å². The van der Waals surface area contributed by atoms with E-state index in [-0.39, 0.29) is 5.91 Å². The van der Waals surface area contributed by atoms with Crippen LogP contribution in [-0.2, 0) is 4.79 Å². The quantitative estimate of drug-likeness (QED) is 0.877. The highest BCUT2D eigenvalue weighted by atomic mass is 35.5. The Labute approximate surface area is 129 Å². The third-order valence-corrected chi connectivity index (χ3v) is 4.45. The third-order valence-electron chi connectivity index (χ3n) is 4.16. The number of rotatable bonds is 5. The first-order valence-corrected chi connectivity index (χ1v) is 7.37. The van der Waals surface area contributed by atoms with Crippen molar-refractivity contribution in [2.24, 2.45) is 11.1 Å². The number of carbonyl (C=O) groups is 1. The molecule has 2 rings (SSSR count). The van der Waals surface area contributed by atoms with Gasteiger partial charge in [0.1, 0.15) is 11.5 Å². The fourth-order valence-electron chi connectivity index (χ4n) is 2.79. The van der Waals surface area contributed by atoms with Crippen LogP contribution in [0.1, 0.15) is 25.7 Å². The Balaban J connectivity index is 2.27. The Morgan fingerprint density at radius 3 is 2.43 bits per heavy atom. The van der Waals surface area contributed by atoms with Gasteiger partial charge in [0.25, 0.3) is 0 Å². The van der Waals surface area contributed by atoms with E-state index in [9.17, 15) is 4.79 Å². The van der Waals surface area contributed by atoms with Crippen molar-refractivity contribution >= 4 is 23.2 Å². The summed E-state index contributed by atoms with van der Waals surface area (Å²) in [7, 11) is 3.06. The van der Waals surface area contributed by atoms with Gasteiger partial charge in [-0.3, -0.25) is 4.79 Å². The van der Waals surface area contributed by atoms with Gasteiger partial charge in [0.15, 0.2) is 0 Å². The summed E-state index contributed by atoms with van der Waals surface area (Å²) in [6.45, 7) is 0.353. The fraction of sp³-hybridized carbons (Fsp3) is 0.533. The summed E-state index contributed by atoms with van der Waals surface area (Å²) in [6.07, 6.45) is 3.71. The van der Waals surface area contributed by atoms with E-state index in [1.165, 1.54) is 14.2 Å². The number of nitrogens with two attached hydrogens (primary N) is 1. The zero-order chi connectivity index (χ0) is 15.5. The van der Waals surface area contributed by atoms with Crippen molar-refractivity contribution in [2.75, 3.05) is 26.1 Å². The molecule has 0 atom stereocenters. The van der Waals surface area contributed by atoms with E-state index in [1.54, 1.807) is 12.1 Å². The Bertz CT molecular complexity index is 528. The standard InChI is InChI=1S/C15H21ClN2O3/c1-20-12-8-11(13(21-2)7-10(12)16)18-14(19)15(9-17)5-3-4-6-15/h7-8H,3-6,9,17H2,1-2H3,(H,18,19). The molecular weight excluding hydrogens is 292 g/mol. The molecule has 3 N–H and O–H groups in total. The van der Waals surface area contributed by atoms with Crippen molar-refractivity contribution in [1.82, 2.24) is 0 Å². The highest BCUT2D eigenvalue weighted by Gasteiger charge is 2.40. The maximum atomic E-state index is 12.6. The van der Waals surface area contributed by atoms with Crippen LogP contribution in [0.25, 0.3) is 0 Å². The van der Waals surface area contributed by atoms with Gasteiger partial charge in [0.2, 0.25) is 5.91 Å². The molecule has 0 aliphatic heterocycles. The maximum Gasteiger partial charge on any atom is 0.231 e. The molecule has 1 aromatic rings. The molecule has 0 spiro atoms. The van der Waals surface area contributed by atoms with E-state index in [4.69, 9.17) is 26.8 Å². The third kappa shape index (κ3) is 3.09. The lowest BCUT2D eigenvalue weighted by molar-refractivity contribution is -0.124. The topological polar surface area (TPSA) is 73.6 Å². The Hall–Kier alpha value is -1.46. The molecule has 116 valence electrons. The van der Waals surface area contributed by atoms with E-state index < -0.39 is 5.41 Å². The smallest absolute Gasteiger partial charge is 0.231 e. The molecule has 0 saturated heterocycles. The Kier molecular flexibility index (Phi) is 4.96. The SMILES string of the molecule is COc1cc(NC(=O)C2(CN)CCCC2)c(OC)cc1Cl. The van der Waals surface area contributed by atoms with Gasteiger partial charge in [-0.15, -0.1) is 0 Å². The molecule has 1 fully saturated rings. The molecule has 21 heavy (non-hydrogen) atoms. The van der Waals surface area contributed by atoms with Gasteiger partial charge >= 0.3 is 0 Å². The van der Waals surface area contributed by atoms with Gasteiger partial charge in [0.05, 0.1) is 30.3 Å². The van der Waals surface area contributed by atoms with E-state index in [1.807, 2.05) is 0 Å². The Morgan fingerprint density at radius 1 is 1.29 bits per heavy atom. The monoisotopic (exact) mass is 312 g/mol. The summed E-state index contributed by atoms with van der Waals surface area (Å²) < 4.78 is 10.4. The number of halogens is 1. The van der Waals surface area contributed by atoms with Crippen LogP contribution < -0.4 is 20.5 Å². The number of hydrogen-bond donors (Lipinski definition) is 2. The largest absolute Gasteiger partial charge is 0.495 e. The molecule has 0 bridgehead atoms. The highest BCUT2D eigenvalue weighted by molar-refractivity contribution is 6.32. The number of benzene rings is 1. The lowest BCUT2D eigenvalue weighted by Crippen LogP contribution is -2.40. The van der Waals surface area contributed by atoms with Crippen LogP contribution in [0, 0.1) is 5.41 Å². The molecule has 1 aromatic carbocycles. The summed E-state index contributed by atoms with van der Waals surface area (Å²) in [5.41, 5.74) is 5.91. The van der Waals surface area contributed by atoms with Gasteiger partial charge in [-0.2, -0.15) is 0 Å². The average molecular weight is 313 g/mol. The van der Waals surface area contributed by atoms with Crippen molar-refractivity contribution in [3.8, 4) is 11.5 Å². The predicted octanol–water partition coefficient (Wildman–Crippen LogP) is 2.81. The van der Waals surface area contributed by atoms with Crippen LogP contribution in [0.5, 0.6) is 11.5 Å². The van der Waals surface area contributed by atoms with Crippen LogP contribution >= 0.6 is 11.6 Å². The van der Waals surface area contributed by atoms with Crippen LogP contribution in [-0.4, -0.2) is 26.7 Å². The summed E-state index contributed by atoms with van der Waals surface area (Å²) in [5.74, 6) is 0.922. The lowest BCUT2D eigenvalue weighted by Gasteiger charge is -2.26. The molecular formula is C15H21ClN2O3. The van der Waals surface area contributed by atoms with Crippen LogP contribution in [0.2, 0.25) is 5.02 Å². The number of amides is 1. The second kappa shape index (κ2) is 6.54. The predicted molar refractivity (Wildman–Crippen MR) is 83.1 cm³/mol. The second-order valence-corrected chi connectivity index (χ2v) is 5.74. The Morgan fingerprint density at radius 2 is 1.90 bits per heavy atom. The number of nitrogens with one attached hydrogen (secondary N) is 1. The molecule has 0 aromatic heterocycles. The highest BCUT2D eigenvalue weighted by Crippen LogP contribution is 2.40. The van der Waals surface area contributed by atoms with Crippen molar-refractivity contribution in [2.45, 2.75) is 25.7 Å². The molecule has 0 radical (unpaired) electrons. The van der Waals surface area contributed by atoms with Gasteiger partial charge in [-0.1, -0.05) is 24.4 Å². The number of anilines is 1. The van der Waals surface area contributed by atoms with Crippen molar-refractivity contribution in [3.63, 3.8) is 0 Å². The minimum Gasteiger partial charge on any atom is -0.495 e. The molecule has 1 aliphatic rings. The number of ether oxygens (including phenoxy) is 2. The van der Waals surface area contributed by atoms with Crippen molar-refractivity contribution < 1.29 is 14.3 Å². The number of carbonyl (C=O) groups excluding carboxylic acids is 1. The molecule has 6 heteroatoms. The molecule has 1 amide bonds. The molecule has 0 unspecified atom stereocenters. The summed E-state index contributed by atoms with van der Waals surface area (Å²) in [4.78, 5) is 12.6. The van der Waals surface area contributed by atoms with Crippen molar-refractivity contribution in [3.05, 3.63) is 17.2 Å². The average Bonchev–Trinajstić information content (AvgIpc) is 2.98. The zero-order valence-electron chi connectivity index (χ0n) is 12.4. The number of hydrogen-bond acceptors (Lipinski definition) is 4. The van der Waals surface area contributed by atoms with Crippen LogP contribution in [0.4, 0.5) is 5.69 Å². The van der Waals surface area contributed by atoms with Crippen LogP contribution in [0.3, 0.4) is 0 Å². The van der Waals surface area contributed by atoms with E-state index >= 15 is 0 Å². The fourth-order valence-corrected chi connectivity index (χ4v) is 3.02. The molecule has 0 heterocycles. The second-order valence-electron chi connectivity index (χ2n) is 5.33. The minimum atomic E-state index is -0.474. The van der Waals surface area contributed by atoms with E-state index in [0.717, 1.165) is 25.7 Å². The first-order chi connectivity index (χ1) is 10.1.